The van der Waals surface area contributed by atoms with Crippen LogP contribution in [0.5, 0.6) is 0 Å². The van der Waals surface area contributed by atoms with Crippen LogP contribution in [-0.2, 0) is 4.74 Å². The highest BCUT2D eigenvalue weighted by Gasteiger charge is 2.18. The Morgan fingerprint density at radius 2 is 1.80 bits per heavy atom. The molecule has 0 saturated carbocycles. The summed E-state index contributed by atoms with van der Waals surface area (Å²) in [5.74, 6) is -0.660. The normalized spacial score (nSPS) is 10.7. The van der Waals surface area contributed by atoms with Crippen LogP contribution in [0.15, 0.2) is 47.8 Å². The van der Waals surface area contributed by atoms with E-state index < -0.39 is 5.97 Å². The van der Waals surface area contributed by atoms with Crippen LogP contribution in [0, 0.1) is 20.8 Å². The number of aromatic nitrogens is 1. The van der Waals surface area contributed by atoms with Crippen molar-refractivity contribution in [1.82, 2.24) is 4.57 Å². The Balaban J connectivity index is 1.78. The zero-order valence-corrected chi connectivity index (χ0v) is 15.2. The fraction of sp³-hybridized carbons (Fsp3) is 0.200. The molecular weight excluding hydrogens is 334 g/mol. The van der Waals surface area contributed by atoms with E-state index in [0.29, 0.717) is 10.4 Å². The molecule has 0 N–H and O–H groups in total. The summed E-state index contributed by atoms with van der Waals surface area (Å²) < 4.78 is 7.18. The van der Waals surface area contributed by atoms with Gasteiger partial charge in [0, 0.05) is 22.6 Å². The number of carbonyl (C=O) groups excluding carboxylic acids is 2. The van der Waals surface area contributed by atoms with Crippen molar-refractivity contribution < 1.29 is 14.3 Å². The zero-order chi connectivity index (χ0) is 18.0. The molecule has 0 saturated heterocycles. The number of hydrogen-bond donors (Lipinski definition) is 0. The number of carbonyl (C=O) groups is 2. The summed E-state index contributed by atoms with van der Waals surface area (Å²) in [6.45, 7) is 5.65. The number of benzene rings is 1. The van der Waals surface area contributed by atoms with E-state index in [4.69, 9.17) is 4.74 Å². The van der Waals surface area contributed by atoms with Gasteiger partial charge in [0.15, 0.2) is 6.61 Å². The summed E-state index contributed by atoms with van der Waals surface area (Å²) >= 11 is 1.30. The van der Waals surface area contributed by atoms with Crippen LogP contribution in [-0.4, -0.2) is 22.9 Å². The molecular formula is C20H19NO3S. The van der Waals surface area contributed by atoms with Gasteiger partial charge in [-0.2, -0.15) is 0 Å². The van der Waals surface area contributed by atoms with Gasteiger partial charge < -0.3 is 9.30 Å². The third kappa shape index (κ3) is 3.56. The van der Waals surface area contributed by atoms with E-state index in [0.717, 1.165) is 17.1 Å². The Bertz CT molecular complexity index is 905. The number of thiophene rings is 1. The number of ether oxygens (including phenoxy) is 1. The first kappa shape index (κ1) is 17.2. The van der Waals surface area contributed by atoms with E-state index in [9.17, 15) is 9.59 Å². The lowest BCUT2D eigenvalue weighted by Crippen LogP contribution is -2.14. The number of hydrogen-bond acceptors (Lipinski definition) is 4. The largest absolute Gasteiger partial charge is 0.453 e. The van der Waals surface area contributed by atoms with E-state index in [1.54, 1.807) is 17.5 Å². The first-order chi connectivity index (χ1) is 12.0. The number of rotatable bonds is 5. The minimum Gasteiger partial charge on any atom is -0.453 e. The summed E-state index contributed by atoms with van der Waals surface area (Å²) in [6.07, 6.45) is 0. The van der Waals surface area contributed by atoms with Crippen LogP contribution in [0.2, 0.25) is 0 Å². The highest BCUT2D eigenvalue weighted by molar-refractivity contribution is 7.11. The zero-order valence-electron chi connectivity index (χ0n) is 14.4. The van der Waals surface area contributed by atoms with Gasteiger partial charge in [-0.3, -0.25) is 4.79 Å². The molecule has 0 aliphatic carbocycles. The van der Waals surface area contributed by atoms with E-state index >= 15 is 0 Å². The first-order valence-electron chi connectivity index (χ1n) is 7.97. The highest BCUT2D eigenvalue weighted by Crippen LogP contribution is 2.22. The number of ketones is 1. The van der Waals surface area contributed by atoms with Crippen molar-refractivity contribution >= 4 is 23.1 Å². The highest BCUT2D eigenvalue weighted by atomic mass is 32.1. The topological polar surface area (TPSA) is 48.3 Å². The van der Waals surface area contributed by atoms with Crippen LogP contribution >= 0.6 is 11.3 Å². The van der Waals surface area contributed by atoms with Gasteiger partial charge in [0.1, 0.15) is 4.88 Å². The lowest BCUT2D eigenvalue weighted by atomic mass is 10.1. The van der Waals surface area contributed by atoms with Crippen molar-refractivity contribution in [3.8, 4) is 5.69 Å². The van der Waals surface area contributed by atoms with Gasteiger partial charge in [0.2, 0.25) is 5.78 Å². The van der Waals surface area contributed by atoms with Crippen LogP contribution in [0.3, 0.4) is 0 Å². The molecule has 0 spiro atoms. The lowest BCUT2D eigenvalue weighted by Gasteiger charge is -2.10. The monoisotopic (exact) mass is 353 g/mol. The SMILES string of the molecule is Cc1ccc(-n2c(C)cc(C(=O)COC(=O)c3cccs3)c2C)cc1. The lowest BCUT2D eigenvalue weighted by molar-refractivity contribution is 0.0479. The summed E-state index contributed by atoms with van der Waals surface area (Å²) in [5.41, 5.74) is 4.59. The molecule has 5 heteroatoms. The van der Waals surface area contributed by atoms with Gasteiger partial charge in [-0.25, -0.2) is 4.79 Å². The van der Waals surface area contributed by atoms with Crippen LogP contribution in [0.4, 0.5) is 0 Å². The van der Waals surface area contributed by atoms with Gasteiger partial charge in [-0.05, 0) is 50.4 Å². The van der Waals surface area contributed by atoms with Gasteiger partial charge >= 0.3 is 5.97 Å². The van der Waals surface area contributed by atoms with E-state index in [-0.39, 0.29) is 12.4 Å². The van der Waals surface area contributed by atoms with E-state index in [1.807, 2.05) is 55.7 Å². The summed E-state index contributed by atoms with van der Waals surface area (Å²) in [4.78, 5) is 24.9. The molecule has 0 radical (unpaired) electrons. The maximum atomic E-state index is 12.5. The molecule has 1 aromatic carbocycles. The molecule has 4 nitrogen and oxygen atoms in total. The summed E-state index contributed by atoms with van der Waals surface area (Å²) in [6, 6.07) is 13.4. The Kier molecular flexibility index (Phi) is 4.86. The molecule has 0 unspecified atom stereocenters. The van der Waals surface area contributed by atoms with Crippen molar-refractivity contribution in [2.75, 3.05) is 6.61 Å². The van der Waals surface area contributed by atoms with Gasteiger partial charge in [0.05, 0.1) is 0 Å². The molecule has 2 aromatic heterocycles. The molecule has 0 atom stereocenters. The predicted molar refractivity (Wildman–Crippen MR) is 98.9 cm³/mol. The van der Waals surface area contributed by atoms with Gasteiger partial charge in [-0.1, -0.05) is 23.8 Å². The van der Waals surface area contributed by atoms with Crippen molar-refractivity contribution in [2.45, 2.75) is 20.8 Å². The smallest absolute Gasteiger partial charge is 0.348 e. The maximum Gasteiger partial charge on any atom is 0.348 e. The molecule has 25 heavy (non-hydrogen) atoms. The third-order valence-electron chi connectivity index (χ3n) is 4.08. The Labute approximate surface area is 150 Å². The first-order valence-corrected chi connectivity index (χ1v) is 8.85. The Morgan fingerprint density at radius 1 is 1.08 bits per heavy atom. The number of aryl methyl sites for hydroxylation is 2. The Hall–Kier alpha value is -2.66. The molecule has 3 aromatic rings. The number of nitrogens with zero attached hydrogens (tertiary/aromatic N) is 1. The van der Waals surface area contributed by atoms with Gasteiger partial charge in [-0.15, -0.1) is 11.3 Å². The molecule has 0 bridgehead atoms. The molecule has 0 fully saturated rings. The summed E-state index contributed by atoms with van der Waals surface area (Å²) in [5, 5.41) is 1.80. The number of esters is 1. The van der Waals surface area contributed by atoms with Crippen LogP contribution in [0.1, 0.15) is 37.0 Å². The molecule has 0 aliphatic heterocycles. The van der Waals surface area contributed by atoms with Crippen molar-refractivity contribution in [1.29, 1.82) is 0 Å². The molecule has 3 rings (SSSR count). The fourth-order valence-electron chi connectivity index (χ4n) is 2.81. The predicted octanol–water partition coefficient (Wildman–Crippen LogP) is 4.50. The van der Waals surface area contributed by atoms with Crippen LogP contribution in [0.25, 0.3) is 5.69 Å². The third-order valence-corrected chi connectivity index (χ3v) is 4.93. The second-order valence-corrected chi connectivity index (χ2v) is 6.88. The minimum absolute atomic E-state index is 0.198. The maximum absolute atomic E-state index is 12.5. The van der Waals surface area contributed by atoms with Crippen LogP contribution < -0.4 is 0 Å². The van der Waals surface area contributed by atoms with E-state index in [1.165, 1.54) is 16.9 Å². The quantitative estimate of drug-likeness (QED) is 0.501. The molecule has 0 amide bonds. The van der Waals surface area contributed by atoms with Crippen molar-refractivity contribution in [3.63, 3.8) is 0 Å². The van der Waals surface area contributed by atoms with Crippen molar-refractivity contribution in [2.24, 2.45) is 0 Å². The minimum atomic E-state index is -0.462. The van der Waals surface area contributed by atoms with E-state index in [2.05, 4.69) is 0 Å². The number of Topliss-reactive ketones (excluding diaryl/α,β-unsaturated/α-hetero) is 1. The Morgan fingerprint density at radius 3 is 2.44 bits per heavy atom. The van der Waals surface area contributed by atoms with Gasteiger partial charge in [0.25, 0.3) is 0 Å². The second-order valence-electron chi connectivity index (χ2n) is 5.93. The average Bonchev–Trinajstić information content (AvgIpc) is 3.22. The fourth-order valence-corrected chi connectivity index (χ4v) is 3.43. The van der Waals surface area contributed by atoms with Crippen molar-refractivity contribution in [3.05, 3.63) is 75.2 Å². The molecule has 0 aliphatic rings. The standard InChI is InChI=1S/C20H19NO3S/c1-13-6-8-16(9-7-13)21-14(2)11-17(15(21)3)18(22)12-24-20(23)19-5-4-10-25-19/h4-11H,12H2,1-3H3. The average molecular weight is 353 g/mol. The summed E-state index contributed by atoms with van der Waals surface area (Å²) in [7, 11) is 0. The molecule has 128 valence electrons. The molecule has 2 heterocycles. The second kappa shape index (κ2) is 7.07.